The Morgan fingerprint density at radius 2 is 1.86 bits per heavy atom. The van der Waals surface area contributed by atoms with Crippen molar-refractivity contribution in [2.45, 2.75) is 89.3 Å². The van der Waals surface area contributed by atoms with Crippen molar-refractivity contribution >= 4 is 0 Å². The predicted octanol–water partition coefficient (Wildman–Crippen LogP) is 2.92. The zero-order valence-corrected chi connectivity index (χ0v) is 14.0. The van der Waals surface area contributed by atoms with Gasteiger partial charge in [0.05, 0.1) is 6.61 Å². The highest BCUT2D eigenvalue weighted by Crippen LogP contribution is 2.37. The van der Waals surface area contributed by atoms with Gasteiger partial charge in [-0.2, -0.15) is 0 Å². The van der Waals surface area contributed by atoms with Crippen LogP contribution >= 0.6 is 0 Å². The van der Waals surface area contributed by atoms with Gasteiger partial charge in [0.25, 0.3) is 0 Å². The van der Waals surface area contributed by atoms with Gasteiger partial charge < -0.3 is 15.3 Å². The normalized spacial score (nSPS) is 38.1. The smallest absolute Gasteiger partial charge is 0.0613 e. The monoisotopic (exact) mass is 294 g/mol. The van der Waals surface area contributed by atoms with Crippen molar-refractivity contribution in [3.63, 3.8) is 0 Å². The molecule has 2 saturated carbocycles. The molecule has 1 heterocycles. The average Bonchev–Trinajstić information content (AvgIpc) is 3.27. The lowest BCUT2D eigenvalue weighted by atomic mass is 9.78. The van der Waals surface area contributed by atoms with Gasteiger partial charge >= 0.3 is 0 Å². The molecule has 0 amide bonds. The average molecular weight is 294 g/mol. The Hall–Kier alpha value is -0.120. The molecule has 122 valence electrons. The van der Waals surface area contributed by atoms with E-state index in [1.54, 1.807) is 0 Å². The summed E-state index contributed by atoms with van der Waals surface area (Å²) in [6.45, 7) is 7.68. The molecule has 1 aliphatic heterocycles. The topological polar surface area (TPSA) is 35.5 Å². The number of aliphatic hydroxyl groups excluding tert-OH is 1. The number of nitrogens with one attached hydrogen (secondary N) is 1. The molecule has 3 heteroatoms. The lowest BCUT2D eigenvalue weighted by Crippen LogP contribution is -2.56. The Balaban J connectivity index is 1.61. The van der Waals surface area contributed by atoms with Gasteiger partial charge in [-0.1, -0.05) is 13.8 Å². The summed E-state index contributed by atoms with van der Waals surface area (Å²) in [4.78, 5) is 2.74. The summed E-state index contributed by atoms with van der Waals surface area (Å²) in [5, 5.41) is 13.8. The zero-order chi connectivity index (χ0) is 14.9. The van der Waals surface area contributed by atoms with Crippen LogP contribution in [0.4, 0.5) is 0 Å². The summed E-state index contributed by atoms with van der Waals surface area (Å²) in [6.07, 6.45) is 11.6. The molecule has 2 atom stereocenters. The van der Waals surface area contributed by atoms with Crippen LogP contribution in [0.2, 0.25) is 0 Å². The summed E-state index contributed by atoms with van der Waals surface area (Å²) in [5.41, 5.74) is 0.537. The minimum absolute atomic E-state index is 0.0197. The Kier molecular flexibility index (Phi) is 4.63. The predicted molar refractivity (Wildman–Crippen MR) is 87.4 cm³/mol. The molecule has 1 saturated heterocycles. The van der Waals surface area contributed by atoms with Crippen LogP contribution in [0.5, 0.6) is 0 Å². The Labute approximate surface area is 130 Å². The number of hydrogen-bond acceptors (Lipinski definition) is 3. The maximum absolute atomic E-state index is 9.99. The van der Waals surface area contributed by atoms with Crippen LogP contribution in [0.3, 0.4) is 0 Å². The molecule has 3 aliphatic rings. The second kappa shape index (κ2) is 6.17. The van der Waals surface area contributed by atoms with E-state index >= 15 is 0 Å². The first-order valence-electron chi connectivity index (χ1n) is 9.15. The van der Waals surface area contributed by atoms with Crippen molar-refractivity contribution in [2.24, 2.45) is 5.41 Å². The first-order valence-corrected chi connectivity index (χ1v) is 9.15. The van der Waals surface area contributed by atoms with Gasteiger partial charge in [0, 0.05) is 17.6 Å². The third-order valence-corrected chi connectivity index (χ3v) is 6.10. The lowest BCUT2D eigenvalue weighted by molar-refractivity contribution is 0.0581. The minimum atomic E-state index is 0.0197. The molecule has 21 heavy (non-hydrogen) atoms. The van der Waals surface area contributed by atoms with Crippen molar-refractivity contribution in [2.75, 3.05) is 19.7 Å². The Bertz CT molecular complexity index is 353. The molecule has 2 aliphatic carbocycles. The van der Waals surface area contributed by atoms with E-state index in [2.05, 4.69) is 24.1 Å². The summed E-state index contributed by atoms with van der Waals surface area (Å²) in [7, 11) is 0. The van der Waals surface area contributed by atoms with E-state index in [0.29, 0.717) is 24.1 Å². The third-order valence-electron chi connectivity index (χ3n) is 6.10. The lowest BCUT2D eigenvalue weighted by Gasteiger charge is -2.44. The highest BCUT2D eigenvalue weighted by molar-refractivity contribution is 5.01. The van der Waals surface area contributed by atoms with Gasteiger partial charge in [-0.25, -0.2) is 0 Å². The molecule has 3 fully saturated rings. The maximum atomic E-state index is 9.99. The fourth-order valence-corrected chi connectivity index (χ4v) is 4.43. The van der Waals surface area contributed by atoms with Gasteiger partial charge in [-0.3, -0.25) is 0 Å². The molecule has 2 unspecified atom stereocenters. The van der Waals surface area contributed by atoms with E-state index < -0.39 is 0 Å². The minimum Gasteiger partial charge on any atom is -0.394 e. The van der Waals surface area contributed by atoms with Gasteiger partial charge in [0.2, 0.25) is 0 Å². The SMILES string of the molecule is CC1(C)CCCN(C2CCCC(CO)(NC3CC3)C2)CC1. The number of aliphatic hydroxyl groups is 1. The molecule has 0 spiro atoms. The fourth-order valence-electron chi connectivity index (χ4n) is 4.43. The first-order chi connectivity index (χ1) is 10.0. The summed E-state index contributed by atoms with van der Waals surface area (Å²) in [6, 6.07) is 1.38. The highest BCUT2D eigenvalue weighted by Gasteiger charge is 2.41. The van der Waals surface area contributed by atoms with Crippen molar-refractivity contribution < 1.29 is 5.11 Å². The molecular formula is C18H34N2O. The van der Waals surface area contributed by atoms with E-state index in [-0.39, 0.29) is 5.54 Å². The largest absolute Gasteiger partial charge is 0.394 e. The standard InChI is InChI=1S/C18H34N2O/c1-17(2)8-4-11-20(12-10-17)16-5-3-9-18(13-16,14-21)19-15-6-7-15/h15-16,19,21H,3-14H2,1-2H3. The van der Waals surface area contributed by atoms with Crippen molar-refractivity contribution in [3.8, 4) is 0 Å². The number of hydrogen-bond donors (Lipinski definition) is 2. The molecule has 0 aromatic heterocycles. The van der Waals surface area contributed by atoms with Crippen molar-refractivity contribution in [1.29, 1.82) is 0 Å². The van der Waals surface area contributed by atoms with E-state index in [0.717, 1.165) is 12.8 Å². The van der Waals surface area contributed by atoms with Gasteiger partial charge in [0.15, 0.2) is 0 Å². The molecule has 3 rings (SSSR count). The quantitative estimate of drug-likeness (QED) is 0.837. The first kappa shape index (κ1) is 15.8. The molecule has 0 aromatic carbocycles. The summed E-state index contributed by atoms with van der Waals surface area (Å²) < 4.78 is 0. The van der Waals surface area contributed by atoms with E-state index in [4.69, 9.17) is 0 Å². The fraction of sp³-hybridized carbons (Fsp3) is 1.00. The van der Waals surface area contributed by atoms with Crippen LogP contribution in [0.1, 0.15) is 71.6 Å². The van der Waals surface area contributed by atoms with Crippen molar-refractivity contribution in [3.05, 3.63) is 0 Å². The van der Waals surface area contributed by atoms with Crippen LogP contribution in [-0.4, -0.2) is 47.3 Å². The zero-order valence-electron chi connectivity index (χ0n) is 14.0. The van der Waals surface area contributed by atoms with E-state index in [9.17, 15) is 5.11 Å². The highest BCUT2D eigenvalue weighted by atomic mass is 16.3. The Morgan fingerprint density at radius 3 is 2.57 bits per heavy atom. The van der Waals surface area contributed by atoms with Crippen LogP contribution in [0.15, 0.2) is 0 Å². The molecule has 2 N–H and O–H groups in total. The number of likely N-dealkylation sites (tertiary alicyclic amines) is 1. The second-order valence-corrected chi connectivity index (χ2v) is 8.66. The van der Waals surface area contributed by atoms with Gasteiger partial charge in [-0.05, 0) is 76.3 Å². The van der Waals surface area contributed by atoms with Gasteiger partial charge in [0.1, 0.15) is 0 Å². The summed E-state index contributed by atoms with van der Waals surface area (Å²) in [5.74, 6) is 0. The number of nitrogens with zero attached hydrogens (tertiary/aromatic N) is 1. The van der Waals surface area contributed by atoms with E-state index in [1.807, 2.05) is 0 Å². The van der Waals surface area contributed by atoms with Crippen LogP contribution < -0.4 is 5.32 Å². The van der Waals surface area contributed by atoms with Gasteiger partial charge in [-0.15, -0.1) is 0 Å². The van der Waals surface area contributed by atoms with Crippen molar-refractivity contribution in [1.82, 2.24) is 10.2 Å². The van der Waals surface area contributed by atoms with Crippen LogP contribution in [0, 0.1) is 5.41 Å². The third kappa shape index (κ3) is 4.00. The van der Waals surface area contributed by atoms with E-state index in [1.165, 1.54) is 58.0 Å². The molecule has 0 bridgehead atoms. The second-order valence-electron chi connectivity index (χ2n) is 8.66. The van der Waals surface area contributed by atoms with Crippen LogP contribution in [0.25, 0.3) is 0 Å². The molecule has 0 radical (unpaired) electrons. The number of rotatable bonds is 4. The Morgan fingerprint density at radius 1 is 1.05 bits per heavy atom. The maximum Gasteiger partial charge on any atom is 0.0613 e. The summed E-state index contributed by atoms with van der Waals surface area (Å²) >= 11 is 0. The van der Waals surface area contributed by atoms with Crippen LogP contribution in [-0.2, 0) is 0 Å². The molecule has 0 aromatic rings. The molecule has 3 nitrogen and oxygen atoms in total. The molecular weight excluding hydrogens is 260 g/mol.